The Hall–Kier alpha value is -3.28. The van der Waals surface area contributed by atoms with Gasteiger partial charge in [-0.2, -0.15) is 13.2 Å². The average Bonchev–Trinajstić information content (AvgIpc) is 2.84. The number of hydrogen-bond acceptors (Lipinski definition) is 7. The van der Waals surface area contributed by atoms with Crippen LogP contribution in [-0.2, 0) is 6.18 Å². The number of nitrogen functional groups attached to an aromatic ring is 1. The molecule has 196 valence electrons. The fourth-order valence-corrected chi connectivity index (χ4v) is 3.96. The Kier molecular flexibility index (Phi) is 8.17. The molecule has 0 fully saturated rings. The van der Waals surface area contributed by atoms with E-state index >= 15 is 4.39 Å². The highest BCUT2D eigenvalue weighted by Crippen LogP contribution is 2.44. The van der Waals surface area contributed by atoms with Crippen molar-refractivity contribution in [2.75, 3.05) is 30.7 Å². The Morgan fingerprint density at radius 1 is 1.03 bits per heavy atom. The van der Waals surface area contributed by atoms with Crippen molar-refractivity contribution in [1.82, 2.24) is 20.3 Å². The molecule has 0 radical (unpaired) electrons. The van der Waals surface area contributed by atoms with E-state index in [1.165, 1.54) is 6.92 Å². The SMILES string of the molecule is CC.Cc1nc2c3c(nc(-c4cc(N)c(F)c(C)c4C(F)(F)F)c(F)c3n1)OC(C)CCNCCN2. The van der Waals surface area contributed by atoms with Crippen LogP contribution >= 0.6 is 0 Å². The van der Waals surface area contributed by atoms with Crippen molar-refractivity contribution < 1.29 is 26.7 Å². The van der Waals surface area contributed by atoms with Crippen molar-refractivity contribution in [3.8, 4) is 17.1 Å². The van der Waals surface area contributed by atoms with E-state index in [1.807, 2.05) is 13.8 Å². The highest BCUT2D eigenvalue weighted by atomic mass is 19.4. The number of aromatic nitrogens is 3. The summed E-state index contributed by atoms with van der Waals surface area (Å²) in [4.78, 5) is 12.6. The number of hydrogen-bond donors (Lipinski definition) is 3. The fraction of sp³-hybridized carbons (Fsp3) is 0.458. The van der Waals surface area contributed by atoms with E-state index in [0.29, 0.717) is 26.1 Å². The van der Waals surface area contributed by atoms with Crippen LogP contribution in [0.1, 0.15) is 44.1 Å². The molecule has 2 aromatic heterocycles. The standard InChI is InChI=1S/C22H23F5N6O.C2H6/c1-9-4-5-29-6-7-30-20-14-19(31-11(3)32-20)17(24)18(33-21(14)34-9)12-8-13(28)16(23)10(2)15(12)22(25,26)27;1-2/h8-9,29H,4-7,28H2,1-3H3,(H,30,31,32);1-2H3. The Bertz CT molecular complexity index is 1260. The molecule has 0 aliphatic carbocycles. The molecular weight excluding hydrogens is 483 g/mol. The normalized spacial score (nSPS) is 16.3. The minimum atomic E-state index is -5.00. The van der Waals surface area contributed by atoms with Gasteiger partial charge >= 0.3 is 6.18 Å². The van der Waals surface area contributed by atoms with E-state index < -0.39 is 52.0 Å². The molecule has 4 N–H and O–H groups in total. The van der Waals surface area contributed by atoms with E-state index in [-0.39, 0.29) is 28.4 Å². The zero-order valence-electron chi connectivity index (χ0n) is 20.7. The molecule has 1 aromatic carbocycles. The number of aryl methyl sites for hydroxylation is 1. The lowest BCUT2D eigenvalue weighted by molar-refractivity contribution is -0.137. The molecule has 4 rings (SSSR count). The summed E-state index contributed by atoms with van der Waals surface area (Å²) in [5.41, 5.74) is 1.30. The second-order valence-corrected chi connectivity index (χ2v) is 8.14. The fourth-order valence-electron chi connectivity index (χ4n) is 3.96. The molecule has 3 aromatic rings. The van der Waals surface area contributed by atoms with E-state index in [4.69, 9.17) is 10.5 Å². The molecule has 0 bridgehead atoms. The van der Waals surface area contributed by atoms with E-state index in [9.17, 15) is 17.6 Å². The largest absolute Gasteiger partial charge is 0.474 e. The lowest BCUT2D eigenvalue weighted by Crippen LogP contribution is -2.26. The predicted octanol–water partition coefficient (Wildman–Crippen LogP) is 5.39. The maximum atomic E-state index is 15.8. The number of nitrogens with two attached hydrogens (primary N) is 1. The summed E-state index contributed by atoms with van der Waals surface area (Å²) in [5, 5.41) is 6.41. The first-order chi connectivity index (χ1) is 17.0. The highest BCUT2D eigenvalue weighted by molar-refractivity contribution is 5.96. The van der Waals surface area contributed by atoms with Gasteiger partial charge < -0.3 is 21.1 Å². The number of anilines is 2. The summed E-state index contributed by atoms with van der Waals surface area (Å²) in [5.74, 6) is -2.03. The third kappa shape index (κ3) is 5.28. The molecule has 1 atom stereocenters. The number of alkyl halides is 3. The number of pyridine rings is 1. The van der Waals surface area contributed by atoms with Crippen LogP contribution < -0.4 is 21.1 Å². The van der Waals surface area contributed by atoms with Gasteiger partial charge in [0.25, 0.3) is 0 Å². The quantitative estimate of drug-likeness (QED) is 0.297. The Balaban J connectivity index is 0.00000176. The van der Waals surface area contributed by atoms with Crippen LogP contribution in [-0.4, -0.2) is 40.7 Å². The number of rotatable bonds is 1. The Morgan fingerprint density at radius 3 is 2.39 bits per heavy atom. The first-order valence-corrected chi connectivity index (χ1v) is 11.6. The molecule has 3 heterocycles. The molecule has 1 aliphatic rings. The number of benzene rings is 1. The van der Waals surface area contributed by atoms with Crippen LogP contribution in [0.4, 0.5) is 33.5 Å². The van der Waals surface area contributed by atoms with Gasteiger partial charge in [0.2, 0.25) is 5.88 Å². The van der Waals surface area contributed by atoms with Crippen molar-refractivity contribution in [3.05, 3.63) is 34.7 Å². The zero-order valence-corrected chi connectivity index (χ0v) is 20.7. The molecule has 12 heteroatoms. The van der Waals surface area contributed by atoms with E-state index in [1.54, 1.807) is 6.92 Å². The third-order valence-electron chi connectivity index (χ3n) is 5.56. The molecule has 1 unspecified atom stereocenters. The molecule has 1 aliphatic heterocycles. The lowest BCUT2D eigenvalue weighted by Gasteiger charge is -2.21. The second kappa shape index (κ2) is 10.8. The van der Waals surface area contributed by atoms with Gasteiger partial charge in [0.1, 0.15) is 34.1 Å². The molecule has 0 saturated heterocycles. The lowest BCUT2D eigenvalue weighted by atomic mass is 9.96. The van der Waals surface area contributed by atoms with Crippen molar-refractivity contribution in [1.29, 1.82) is 0 Å². The van der Waals surface area contributed by atoms with Crippen LogP contribution in [0.2, 0.25) is 0 Å². The number of nitrogens with one attached hydrogen (secondary N) is 2. The van der Waals surface area contributed by atoms with Crippen LogP contribution in [0.25, 0.3) is 22.2 Å². The maximum Gasteiger partial charge on any atom is 0.417 e. The van der Waals surface area contributed by atoms with Crippen LogP contribution in [0.5, 0.6) is 5.88 Å². The molecule has 0 saturated carbocycles. The minimum Gasteiger partial charge on any atom is -0.474 e. The minimum absolute atomic E-state index is 0.112. The molecule has 7 nitrogen and oxygen atoms in total. The number of halogens is 5. The summed E-state index contributed by atoms with van der Waals surface area (Å²) in [6, 6.07) is 0.737. The molecule has 0 spiro atoms. The van der Waals surface area contributed by atoms with Gasteiger partial charge in [-0.25, -0.2) is 23.7 Å². The van der Waals surface area contributed by atoms with Gasteiger partial charge in [0.05, 0.1) is 17.4 Å². The van der Waals surface area contributed by atoms with Gasteiger partial charge in [-0.15, -0.1) is 0 Å². The summed E-state index contributed by atoms with van der Waals surface area (Å²) >= 11 is 0. The molecule has 0 amide bonds. The van der Waals surface area contributed by atoms with E-state index in [2.05, 4.69) is 25.6 Å². The van der Waals surface area contributed by atoms with Crippen molar-refractivity contribution >= 4 is 22.4 Å². The third-order valence-corrected chi connectivity index (χ3v) is 5.56. The van der Waals surface area contributed by atoms with Crippen LogP contribution in [0, 0.1) is 25.5 Å². The van der Waals surface area contributed by atoms with Gasteiger partial charge in [-0.05, 0) is 45.4 Å². The van der Waals surface area contributed by atoms with Gasteiger partial charge in [-0.1, -0.05) is 13.8 Å². The monoisotopic (exact) mass is 512 g/mol. The van der Waals surface area contributed by atoms with Crippen LogP contribution in [0.3, 0.4) is 0 Å². The van der Waals surface area contributed by atoms with Gasteiger partial charge in [0.15, 0.2) is 5.82 Å². The molecule has 36 heavy (non-hydrogen) atoms. The summed E-state index contributed by atoms with van der Waals surface area (Å²) in [6.45, 7) is 9.91. The number of ether oxygens (including phenoxy) is 1. The van der Waals surface area contributed by atoms with Crippen molar-refractivity contribution in [2.45, 2.75) is 53.3 Å². The second-order valence-electron chi connectivity index (χ2n) is 8.14. The smallest absolute Gasteiger partial charge is 0.417 e. The van der Waals surface area contributed by atoms with Crippen molar-refractivity contribution in [2.24, 2.45) is 0 Å². The first-order valence-electron chi connectivity index (χ1n) is 11.6. The predicted molar refractivity (Wildman–Crippen MR) is 129 cm³/mol. The van der Waals surface area contributed by atoms with Crippen LogP contribution in [0.15, 0.2) is 6.07 Å². The Morgan fingerprint density at radius 2 is 1.72 bits per heavy atom. The Labute approximate surface area is 205 Å². The summed E-state index contributed by atoms with van der Waals surface area (Å²) < 4.78 is 78.0. The first kappa shape index (κ1) is 27.3. The molecular formula is C24H29F5N6O. The summed E-state index contributed by atoms with van der Waals surface area (Å²) in [7, 11) is 0. The van der Waals surface area contributed by atoms with Crippen molar-refractivity contribution in [3.63, 3.8) is 0 Å². The topological polar surface area (TPSA) is 98.0 Å². The summed E-state index contributed by atoms with van der Waals surface area (Å²) in [6.07, 6.45) is -4.84. The number of nitrogens with zero attached hydrogens (tertiary/aromatic N) is 3. The average molecular weight is 513 g/mol. The zero-order chi connectivity index (χ0) is 26.8. The highest BCUT2D eigenvalue weighted by Gasteiger charge is 2.39. The maximum absolute atomic E-state index is 15.8. The van der Waals surface area contributed by atoms with Gasteiger partial charge in [-0.3, -0.25) is 0 Å². The van der Waals surface area contributed by atoms with Gasteiger partial charge in [0, 0.05) is 18.7 Å². The van der Waals surface area contributed by atoms with E-state index in [0.717, 1.165) is 13.0 Å².